The lowest BCUT2D eigenvalue weighted by Crippen LogP contribution is -2.38. The molecule has 0 saturated carbocycles. The number of hydrogen-bond acceptors (Lipinski definition) is 2. The molecule has 0 aliphatic carbocycles. The van der Waals surface area contributed by atoms with Crippen LogP contribution in [0.3, 0.4) is 0 Å². The first kappa shape index (κ1) is 13.9. The zero-order valence-electron chi connectivity index (χ0n) is 12.4. The van der Waals surface area contributed by atoms with Crippen LogP contribution in [-0.2, 0) is 11.3 Å². The topological polar surface area (TPSA) is 43.1 Å². The Kier molecular flexibility index (Phi) is 4.08. The summed E-state index contributed by atoms with van der Waals surface area (Å²) >= 11 is 0. The lowest BCUT2D eigenvalue weighted by Gasteiger charge is -2.26. The average molecular weight is 286 g/mol. The zero-order valence-corrected chi connectivity index (χ0v) is 12.4. The van der Waals surface area contributed by atoms with Crippen molar-refractivity contribution in [2.75, 3.05) is 6.54 Å². The first-order valence-electron chi connectivity index (χ1n) is 7.63. The Bertz CT molecular complexity index is 561. The molecule has 112 valence electrons. The number of likely N-dealkylation sites (tertiary alicyclic amines) is 1. The van der Waals surface area contributed by atoms with Gasteiger partial charge in [0.05, 0.1) is 12.6 Å². The number of carbonyl (C=O) groups excluding carboxylic acids is 1. The van der Waals surface area contributed by atoms with Crippen molar-refractivity contribution in [3.63, 3.8) is 0 Å². The Hall–Kier alpha value is -2.04. The van der Waals surface area contributed by atoms with Crippen molar-refractivity contribution in [1.29, 1.82) is 0 Å². The van der Waals surface area contributed by atoms with Crippen LogP contribution in [0, 0.1) is 0 Å². The van der Waals surface area contributed by atoms with Gasteiger partial charge in [0.1, 0.15) is 0 Å². The molecule has 2 aromatic heterocycles. The maximum absolute atomic E-state index is 12.6. The third kappa shape index (κ3) is 3.17. The molecule has 1 aliphatic rings. The zero-order chi connectivity index (χ0) is 14.7. The molecule has 2 aromatic rings. The largest absolute Gasteiger partial charge is 0.351 e. The van der Waals surface area contributed by atoms with Crippen LogP contribution in [0.4, 0.5) is 0 Å². The van der Waals surface area contributed by atoms with Gasteiger partial charge in [-0.2, -0.15) is 5.10 Å². The Labute approximate surface area is 125 Å². The van der Waals surface area contributed by atoms with Gasteiger partial charge in [0, 0.05) is 43.8 Å². The Balaban J connectivity index is 1.60. The molecule has 0 bridgehead atoms. The molecule has 1 aliphatic heterocycles. The van der Waals surface area contributed by atoms with Crippen molar-refractivity contribution in [1.82, 2.24) is 19.2 Å². The lowest BCUT2D eigenvalue weighted by molar-refractivity contribution is -0.133. The molecule has 0 unspecified atom stereocenters. The van der Waals surface area contributed by atoms with Crippen LogP contribution in [0.2, 0.25) is 0 Å². The standard InChI is InChI=1S/C16H22N4O/c1-14(18-8-2-3-9-18)12-16(21)20-11-4-6-15(20)13-19-10-5-7-17-19/h2-3,5,7-10,14-15H,4,6,11-13H2,1H3/t14-,15+/m0/s1. The molecule has 0 radical (unpaired) electrons. The third-order valence-corrected chi connectivity index (χ3v) is 4.26. The van der Waals surface area contributed by atoms with Gasteiger partial charge in [-0.1, -0.05) is 0 Å². The van der Waals surface area contributed by atoms with Gasteiger partial charge in [0.2, 0.25) is 5.91 Å². The van der Waals surface area contributed by atoms with Gasteiger partial charge in [-0.05, 0) is 38.0 Å². The quantitative estimate of drug-likeness (QED) is 0.846. The minimum absolute atomic E-state index is 0.207. The molecular formula is C16H22N4O. The van der Waals surface area contributed by atoms with Crippen LogP contribution in [-0.4, -0.2) is 37.7 Å². The predicted molar refractivity (Wildman–Crippen MR) is 80.7 cm³/mol. The van der Waals surface area contributed by atoms with E-state index in [9.17, 15) is 4.79 Å². The molecule has 2 atom stereocenters. The van der Waals surface area contributed by atoms with E-state index in [1.54, 1.807) is 6.20 Å². The van der Waals surface area contributed by atoms with E-state index in [4.69, 9.17) is 0 Å². The van der Waals surface area contributed by atoms with Gasteiger partial charge in [-0.25, -0.2) is 0 Å². The summed E-state index contributed by atoms with van der Waals surface area (Å²) in [5.74, 6) is 0.255. The summed E-state index contributed by atoms with van der Waals surface area (Å²) in [6.07, 6.45) is 10.5. The summed E-state index contributed by atoms with van der Waals surface area (Å²) in [5.41, 5.74) is 0. The fraction of sp³-hybridized carbons (Fsp3) is 0.500. The number of carbonyl (C=O) groups is 1. The normalized spacial score (nSPS) is 19.9. The Morgan fingerprint density at radius 1 is 1.29 bits per heavy atom. The third-order valence-electron chi connectivity index (χ3n) is 4.26. The predicted octanol–water partition coefficient (Wildman–Crippen LogP) is 2.33. The van der Waals surface area contributed by atoms with Crippen molar-refractivity contribution in [2.24, 2.45) is 0 Å². The second-order valence-electron chi connectivity index (χ2n) is 5.79. The summed E-state index contributed by atoms with van der Waals surface area (Å²) in [6, 6.07) is 6.41. The highest BCUT2D eigenvalue weighted by Gasteiger charge is 2.29. The van der Waals surface area contributed by atoms with E-state index in [1.165, 1.54) is 0 Å². The molecule has 0 spiro atoms. The van der Waals surface area contributed by atoms with Gasteiger partial charge >= 0.3 is 0 Å². The first-order valence-corrected chi connectivity index (χ1v) is 7.63. The number of hydrogen-bond donors (Lipinski definition) is 0. The summed E-state index contributed by atoms with van der Waals surface area (Å²) in [6.45, 7) is 3.77. The van der Waals surface area contributed by atoms with Gasteiger partial charge in [0.25, 0.3) is 0 Å². The van der Waals surface area contributed by atoms with Crippen molar-refractivity contribution in [3.05, 3.63) is 43.0 Å². The first-order chi connectivity index (χ1) is 10.2. The lowest BCUT2D eigenvalue weighted by atomic mass is 10.2. The molecule has 5 nitrogen and oxygen atoms in total. The number of rotatable bonds is 5. The van der Waals surface area contributed by atoms with E-state index >= 15 is 0 Å². The van der Waals surface area contributed by atoms with E-state index in [0.29, 0.717) is 6.42 Å². The summed E-state index contributed by atoms with van der Waals surface area (Å²) in [5, 5.41) is 4.25. The highest BCUT2D eigenvalue weighted by molar-refractivity contribution is 5.77. The van der Waals surface area contributed by atoms with E-state index in [-0.39, 0.29) is 18.0 Å². The van der Waals surface area contributed by atoms with Gasteiger partial charge in [-0.3, -0.25) is 9.48 Å². The fourth-order valence-electron chi connectivity index (χ4n) is 3.10. The van der Waals surface area contributed by atoms with Gasteiger partial charge in [-0.15, -0.1) is 0 Å². The molecule has 21 heavy (non-hydrogen) atoms. The molecule has 1 saturated heterocycles. The molecule has 3 rings (SSSR count). The molecule has 1 fully saturated rings. The highest BCUT2D eigenvalue weighted by Crippen LogP contribution is 2.22. The minimum Gasteiger partial charge on any atom is -0.351 e. The second kappa shape index (κ2) is 6.16. The second-order valence-corrected chi connectivity index (χ2v) is 5.79. The maximum Gasteiger partial charge on any atom is 0.224 e. The van der Waals surface area contributed by atoms with Gasteiger partial charge < -0.3 is 9.47 Å². The molecular weight excluding hydrogens is 264 g/mol. The van der Waals surface area contributed by atoms with Crippen molar-refractivity contribution >= 4 is 5.91 Å². The summed E-state index contributed by atoms with van der Waals surface area (Å²) in [7, 11) is 0. The van der Waals surface area contributed by atoms with Crippen LogP contribution in [0.5, 0.6) is 0 Å². The molecule has 0 aromatic carbocycles. The fourth-order valence-corrected chi connectivity index (χ4v) is 3.10. The Morgan fingerprint density at radius 2 is 2.10 bits per heavy atom. The molecule has 5 heteroatoms. The van der Waals surface area contributed by atoms with Crippen LogP contribution < -0.4 is 0 Å². The van der Waals surface area contributed by atoms with Crippen molar-refractivity contribution in [3.8, 4) is 0 Å². The summed E-state index contributed by atoms with van der Waals surface area (Å²) in [4.78, 5) is 14.6. The van der Waals surface area contributed by atoms with Crippen molar-refractivity contribution in [2.45, 2.75) is 44.8 Å². The average Bonchev–Trinajstić information content (AvgIpc) is 3.22. The number of amides is 1. The smallest absolute Gasteiger partial charge is 0.224 e. The Morgan fingerprint density at radius 3 is 2.81 bits per heavy atom. The van der Waals surface area contributed by atoms with E-state index in [1.807, 2.05) is 46.4 Å². The number of nitrogens with zero attached hydrogens (tertiary/aromatic N) is 4. The molecule has 3 heterocycles. The van der Waals surface area contributed by atoms with E-state index in [2.05, 4.69) is 16.6 Å². The van der Waals surface area contributed by atoms with Crippen LogP contribution >= 0.6 is 0 Å². The maximum atomic E-state index is 12.6. The van der Waals surface area contributed by atoms with Crippen molar-refractivity contribution < 1.29 is 4.79 Å². The van der Waals surface area contributed by atoms with Crippen LogP contribution in [0.15, 0.2) is 43.0 Å². The minimum atomic E-state index is 0.207. The molecule has 0 N–H and O–H groups in total. The number of aromatic nitrogens is 3. The van der Waals surface area contributed by atoms with Crippen LogP contribution in [0.1, 0.15) is 32.2 Å². The highest BCUT2D eigenvalue weighted by atomic mass is 16.2. The monoisotopic (exact) mass is 286 g/mol. The van der Waals surface area contributed by atoms with Gasteiger partial charge in [0.15, 0.2) is 0 Å². The van der Waals surface area contributed by atoms with E-state index in [0.717, 1.165) is 25.9 Å². The summed E-state index contributed by atoms with van der Waals surface area (Å²) < 4.78 is 4.02. The van der Waals surface area contributed by atoms with Crippen LogP contribution in [0.25, 0.3) is 0 Å². The van der Waals surface area contributed by atoms with E-state index < -0.39 is 0 Å². The molecule has 1 amide bonds. The SMILES string of the molecule is C[C@@H](CC(=O)N1CCC[C@@H]1Cn1cccn1)n1cccc1.